The Labute approximate surface area is 175 Å². The summed E-state index contributed by atoms with van der Waals surface area (Å²) >= 11 is 6.14. The first-order valence-electron chi connectivity index (χ1n) is 10.4. The van der Waals surface area contributed by atoms with Gasteiger partial charge < -0.3 is 9.64 Å². The predicted octanol–water partition coefficient (Wildman–Crippen LogP) is 5.24. The molecule has 1 aliphatic carbocycles. The van der Waals surface area contributed by atoms with Gasteiger partial charge in [-0.3, -0.25) is 9.78 Å². The van der Waals surface area contributed by atoms with E-state index in [2.05, 4.69) is 9.83 Å². The second-order valence-corrected chi connectivity index (χ2v) is 8.59. The maximum absolute atomic E-state index is 13.2. The maximum Gasteiger partial charge on any atom is 0.255 e. The third-order valence-corrected chi connectivity index (χ3v) is 5.74. The molecule has 0 aliphatic heterocycles. The Morgan fingerprint density at radius 1 is 1.32 bits per heavy atom. The van der Waals surface area contributed by atoms with E-state index in [4.69, 9.17) is 27.0 Å². The molecule has 1 aromatic heterocycles. The number of halogens is 1. The van der Waals surface area contributed by atoms with Gasteiger partial charge in [-0.05, 0) is 24.3 Å². The molecule has 3 rings (SSSR count). The maximum atomic E-state index is 13.2. The number of hydrogen-bond donors (Lipinski definition) is 0. The molecule has 6 heteroatoms. The van der Waals surface area contributed by atoms with E-state index >= 15 is 0 Å². The number of carbonyl (C=O) groups excluding carboxylic acids is 1. The highest BCUT2D eigenvalue weighted by molar-refractivity contribution is 6.33. The SMILES string of the molecule is [2H]C([2H])([2H])N(C(=O)c1cccnc1)C1C(C)(C)C(Oc2ccc([N+]#[C-])c(Cl)c2)C1(C)C. The third kappa shape index (κ3) is 3.22. The molecule has 146 valence electrons. The summed E-state index contributed by atoms with van der Waals surface area (Å²) in [7, 11) is 0. The molecule has 0 saturated heterocycles. The van der Waals surface area contributed by atoms with Crippen molar-refractivity contribution in [3.05, 3.63) is 64.7 Å². The minimum absolute atomic E-state index is 0.219. The summed E-state index contributed by atoms with van der Waals surface area (Å²) in [6.45, 7) is 12.0. The lowest BCUT2D eigenvalue weighted by Crippen LogP contribution is -2.74. The van der Waals surface area contributed by atoms with Gasteiger partial charge in [0, 0.05) is 40.4 Å². The first-order chi connectivity index (χ1) is 14.3. The van der Waals surface area contributed by atoms with Gasteiger partial charge in [0.25, 0.3) is 5.91 Å². The lowest BCUT2D eigenvalue weighted by molar-refractivity contribution is -0.195. The van der Waals surface area contributed by atoms with Crippen molar-refractivity contribution in [3.8, 4) is 5.75 Å². The van der Waals surface area contributed by atoms with Crippen molar-refractivity contribution in [2.75, 3.05) is 6.98 Å². The van der Waals surface area contributed by atoms with Gasteiger partial charge in [-0.1, -0.05) is 45.4 Å². The van der Waals surface area contributed by atoms with E-state index in [-0.39, 0.29) is 10.6 Å². The Bertz CT molecular complexity index is 1020. The van der Waals surface area contributed by atoms with Gasteiger partial charge in [0.1, 0.15) is 11.9 Å². The molecule has 1 heterocycles. The van der Waals surface area contributed by atoms with Crippen molar-refractivity contribution in [1.29, 1.82) is 0 Å². The van der Waals surface area contributed by atoms with E-state index in [1.54, 1.807) is 30.3 Å². The summed E-state index contributed by atoms with van der Waals surface area (Å²) in [5, 5.41) is 0.287. The number of aromatic nitrogens is 1. The largest absolute Gasteiger partial charge is 0.489 e. The van der Waals surface area contributed by atoms with E-state index in [1.165, 1.54) is 12.4 Å². The summed E-state index contributed by atoms with van der Waals surface area (Å²) in [6.07, 6.45) is 2.50. The molecule has 0 unspecified atom stereocenters. The Balaban J connectivity index is 1.95. The van der Waals surface area contributed by atoms with Crippen LogP contribution in [0.2, 0.25) is 5.02 Å². The number of nitrogens with zero attached hydrogens (tertiary/aromatic N) is 3. The number of amides is 1. The van der Waals surface area contributed by atoms with Gasteiger partial charge in [0.15, 0.2) is 0 Å². The number of ether oxygens (including phenoxy) is 1. The lowest BCUT2D eigenvalue weighted by Gasteiger charge is -2.65. The van der Waals surface area contributed by atoms with E-state index in [0.29, 0.717) is 11.4 Å². The molecule has 1 fully saturated rings. The first kappa shape index (κ1) is 16.4. The minimum atomic E-state index is -2.64. The van der Waals surface area contributed by atoms with Crippen LogP contribution in [-0.2, 0) is 0 Å². The Kier molecular flexibility index (Phi) is 4.16. The van der Waals surface area contributed by atoms with Crippen molar-refractivity contribution >= 4 is 23.2 Å². The fraction of sp³-hybridized carbons (Fsp3) is 0.409. The van der Waals surface area contributed by atoms with Gasteiger partial charge in [-0.2, -0.15) is 0 Å². The molecular weight excluding hydrogens is 374 g/mol. The molecular formula is C22H24ClN3O2. The van der Waals surface area contributed by atoms with Crippen LogP contribution in [-0.4, -0.2) is 34.9 Å². The van der Waals surface area contributed by atoms with E-state index in [9.17, 15) is 4.79 Å². The van der Waals surface area contributed by atoms with Crippen molar-refractivity contribution in [2.24, 2.45) is 10.8 Å². The highest BCUT2D eigenvalue weighted by atomic mass is 35.5. The molecule has 1 aromatic carbocycles. The molecule has 0 N–H and O–H groups in total. The Morgan fingerprint density at radius 3 is 2.57 bits per heavy atom. The smallest absolute Gasteiger partial charge is 0.255 e. The average Bonchev–Trinajstić information content (AvgIpc) is 2.69. The fourth-order valence-corrected chi connectivity index (χ4v) is 4.82. The van der Waals surface area contributed by atoms with Crippen LogP contribution in [0.25, 0.3) is 4.85 Å². The van der Waals surface area contributed by atoms with Crippen molar-refractivity contribution in [2.45, 2.75) is 39.8 Å². The van der Waals surface area contributed by atoms with Gasteiger partial charge in [0.2, 0.25) is 5.69 Å². The number of hydrogen-bond acceptors (Lipinski definition) is 3. The van der Waals surface area contributed by atoms with E-state index < -0.39 is 35.9 Å². The zero-order valence-electron chi connectivity index (χ0n) is 19.2. The van der Waals surface area contributed by atoms with Crippen LogP contribution in [0, 0.1) is 17.4 Å². The molecule has 2 aromatic rings. The normalized spacial score (nSPS) is 23.9. The number of pyridine rings is 1. The Hall–Kier alpha value is -2.58. The molecule has 28 heavy (non-hydrogen) atoms. The average molecular weight is 401 g/mol. The summed E-state index contributed by atoms with van der Waals surface area (Å²) < 4.78 is 30.5. The van der Waals surface area contributed by atoms with E-state index in [0.717, 1.165) is 4.90 Å². The molecule has 0 atom stereocenters. The quantitative estimate of drug-likeness (QED) is 0.659. The number of carbonyl (C=O) groups is 1. The van der Waals surface area contributed by atoms with Crippen molar-refractivity contribution < 1.29 is 13.6 Å². The van der Waals surface area contributed by atoms with Crippen LogP contribution >= 0.6 is 11.6 Å². The Morgan fingerprint density at radius 2 is 2.04 bits per heavy atom. The van der Waals surface area contributed by atoms with Gasteiger partial charge in [0.05, 0.1) is 17.2 Å². The van der Waals surface area contributed by atoms with Crippen LogP contribution in [0.1, 0.15) is 42.2 Å². The molecule has 0 radical (unpaired) electrons. The van der Waals surface area contributed by atoms with Crippen LogP contribution in [0.5, 0.6) is 5.75 Å². The van der Waals surface area contributed by atoms with Gasteiger partial charge in [-0.25, -0.2) is 4.85 Å². The first-order valence-corrected chi connectivity index (χ1v) is 9.27. The van der Waals surface area contributed by atoms with Crippen molar-refractivity contribution in [3.63, 3.8) is 0 Å². The second kappa shape index (κ2) is 7.10. The highest BCUT2D eigenvalue weighted by Crippen LogP contribution is 2.57. The third-order valence-electron chi connectivity index (χ3n) is 5.44. The summed E-state index contributed by atoms with van der Waals surface area (Å²) in [5.74, 6) is -0.108. The predicted molar refractivity (Wildman–Crippen MR) is 110 cm³/mol. The fourth-order valence-electron chi connectivity index (χ4n) is 4.61. The van der Waals surface area contributed by atoms with Crippen LogP contribution in [0.3, 0.4) is 0 Å². The van der Waals surface area contributed by atoms with Gasteiger partial charge >= 0.3 is 0 Å². The van der Waals surface area contributed by atoms with Gasteiger partial charge in [-0.15, -0.1) is 0 Å². The molecule has 1 aliphatic rings. The molecule has 1 saturated carbocycles. The molecule has 1 amide bonds. The minimum Gasteiger partial charge on any atom is -0.489 e. The zero-order valence-corrected chi connectivity index (χ0v) is 17.0. The highest BCUT2D eigenvalue weighted by Gasteiger charge is 2.65. The lowest BCUT2D eigenvalue weighted by atomic mass is 9.49. The van der Waals surface area contributed by atoms with Crippen LogP contribution in [0.4, 0.5) is 5.69 Å². The van der Waals surface area contributed by atoms with Crippen LogP contribution in [0.15, 0.2) is 42.7 Å². The van der Waals surface area contributed by atoms with Crippen LogP contribution < -0.4 is 4.74 Å². The molecule has 5 nitrogen and oxygen atoms in total. The second-order valence-electron chi connectivity index (χ2n) is 8.19. The standard InChI is InChI=1S/C22H24ClN3O2/c1-21(2)19(26(6)18(27)14-8-7-11-25-13-14)22(3,4)20(21)28-15-9-10-17(24-5)16(23)12-15/h7-13,19-20H,1-4,6H3/i6D3. The number of rotatable bonds is 4. The summed E-state index contributed by atoms with van der Waals surface area (Å²) in [4.78, 5) is 21.5. The summed E-state index contributed by atoms with van der Waals surface area (Å²) in [6, 6.07) is 7.37. The number of benzene rings is 1. The molecule has 0 bridgehead atoms. The molecule has 0 spiro atoms. The zero-order chi connectivity index (χ0) is 23.2. The topological polar surface area (TPSA) is 46.8 Å². The monoisotopic (exact) mass is 400 g/mol. The van der Waals surface area contributed by atoms with E-state index in [1.807, 2.05) is 27.7 Å². The summed E-state index contributed by atoms with van der Waals surface area (Å²) in [5.41, 5.74) is -0.813. The van der Waals surface area contributed by atoms with Crippen molar-refractivity contribution in [1.82, 2.24) is 9.88 Å².